The van der Waals surface area contributed by atoms with E-state index < -0.39 is 0 Å². The van der Waals surface area contributed by atoms with Gasteiger partial charge in [0.05, 0.1) is 35.7 Å². The maximum Gasteiger partial charge on any atom is 0.213 e. The third-order valence-electron chi connectivity index (χ3n) is 2.41. The molecule has 0 aliphatic heterocycles. The van der Waals surface area contributed by atoms with Gasteiger partial charge in [-0.15, -0.1) is 11.3 Å². The molecule has 0 saturated carbocycles. The van der Waals surface area contributed by atoms with Crippen molar-refractivity contribution < 1.29 is 4.74 Å². The molecule has 0 saturated heterocycles. The topological polar surface area (TPSA) is 47.0 Å². The molecule has 2 rings (SSSR count). The number of ether oxygens (including phenoxy) is 1. The van der Waals surface area contributed by atoms with Crippen molar-refractivity contribution in [3.05, 3.63) is 34.4 Å². The molecule has 5 heteroatoms. The van der Waals surface area contributed by atoms with Gasteiger partial charge in [-0.25, -0.2) is 9.97 Å². The molecule has 0 spiro atoms. The van der Waals surface area contributed by atoms with E-state index in [4.69, 9.17) is 4.74 Å². The quantitative estimate of drug-likeness (QED) is 0.904. The Hall–Kier alpha value is -1.62. The van der Waals surface area contributed by atoms with Crippen molar-refractivity contribution in [2.75, 3.05) is 12.4 Å². The monoisotopic (exact) mass is 249 g/mol. The van der Waals surface area contributed by atoms with E-state index in [1.807, 2.05) is 19.1 Å². The van der Waals surface area contributed by atoms with E-state index in [-0.39, 0.29) is 6.04 Å². The Morgan fingerprint density at radius 3 is 2.76 bits per heavy atom. The minimum Gasteiger partial charge on any atom is -0.481 e. The van der Waals surface area contributed by atoms with Crippen LogP contribution in [0.4, 0.5) is 5.69 Å². The van der Waals surface area contributed by atoms with E-state index >= 15 is 0 Å². The number of nitrogens with one attached hydrogen (secondary N) is 1. The first-order chi connectivity index (χ1) is 8.19. The third-order valence-corrected chi connectivity index (χ3v) is 3.20. The summed E-state index contributed by atoms with van der Waals surface area (Å²) < 4.78 is 5.01. The van der Waals surface area contributed by atoms with Gasteiger partial charge in [-0.2, -0.15) is 0 Å². The first-order valence-electron chi connectivity index (χ1n) is 5.37. The van der Waals surface area contributed by atoms with Gasteiger partial charge >= 0.3 is 0 Å². The first kappa shape index (κ1) is 11.9. The molecule has 0 fully saturated rings. The van der Waals surface area contributed by atoms with Gasteiger partial charge in [-0.3, -0.25) is 0 Å². The Morgan fingerprint density at radius 2 is 2.24 bits per heavy atom. The molecule has 2 heterocycles. The summed E-state index contributed by atoms with van der Waals surface area (Å²) in [7, 11) is 1.61. The molecule has 0 aliphatic carbocycles. The van der Waals surface area contributed by atoms with Crippen molar-refractivity contribution in [1.29, 1.82) is 0 Å². The van der Waals surface area contributed by atoms with Gasteiger partial charge in [-0.05, 0) is 19.9 Å². The molecule has 0 radical (unpaired) electrons. The second-order valence-electron chi connectivity index (χ2n) is 3.75. The minimum atomic E-state index is 0.176. The lowest BCUT2D eigenvalue weighted by molar-refractivity contribution is 0.398. The summed E-state index contributed by atoms with van der Waals surface area (Å²) in [5.74, 6) is 0.618. The summed E-state index contributed by atoms with van der Waals surface area (Å²) in [5, 5.41) is 6.51. The number of methoxy groups -OCH3 is 1. The van der Waals surface area contributed by atoms with Crippen LogP contribution in [0.5, 0.6) is 5.88 Å². The van der Waals surface area contributed by atoms with E-state index in [9.17, 15) is 0 Å². The summed E-state index contributed by atoms with van der Waals surface area (Å²) in [6.45, 7) is 4.09. The van der Waals surface area contributed by atoms with Crippen LogP contribution in [0.15, 0.2) is 23.7 Å². The maximum atomic E-state index is 5.01. The Morgan fingerprint density at radius 1 is 1.41 bits per heavy atom. The van der Waals surface area contributed by atoms with Crippen LogP contribution >= 0.6 is 11.3 Å². The van der Waals surface area contributed by atoms with Crippen molar-refractivity contribution in [1.82, 2.24) is 9.97 Å². The van der Waals surface area contributed by atoms with E-state index in [0.717, 1.165) is 16.4 Å². The highest BCUT2D eigenvalue weighted by atomic mass is 32.1. The van der Waals surface area contributed by atoms with E-state index in [0.29, 0.717) is 5.88 Å². The minimum absolute atomic E-state index is 0.176. The van der Waals surface area contributed by atoms with Crippen LogP contribution in [-0.4, -0.2) is 17.1 Å². The van der Waals surface area contributed by atoms with Crippen LogP contribution in [0.3, 0.4) is 0 Å². The largest absolute Gasteiger partial charge is 0.481 e. The third kappa shape index (κ3) is 2.94. The van der Waals surface area contributed by atoms with Crippen molar-refractivity contribution in [3.63, 3.8) is 0 Å². The number of aryl methyl sites for hydroxylation is 1. The molecule has 0 amide bonds. The fourth-order valence-electron chi connectivity index (χ4n) is 1.49. The average Bonchev–Trinajstić information content (AvgIpc) is 2.77. The number of pyridine rings is 1. The average molecular weight is 249 g/mol. The van der Waals surface area contributed by atoms with Crippen LogP contribution in [0.25, 0.3) is 0 Å². The zero-order valence-electron chi connectivity index (χ0n) is 10.1. The second-order valence-corrected chi connectivity index (χ2v) is 4.81. The van der Waals surface area contributed by atoms with E-state index in [1.165, 1.54) is 0 Å². The Kier molecular flexibility index (Phi) is 3.58. The van der Waals surface area contributed by atoms with Gasteiger partial charge in [0, 0.05) is 11.4 Å². The molecule has 17 heavy (non-hydrogen) atoms. The lowest BCUT2D eigenvalue weighted by Gasteiger charge is -2.12. The Balaban J connectivity index is 2.04. The highest BCUT2D eigenvalue weighted by molar-refractivity contribution is 7.09. The number of rotatable bonds is 4. The molecule has 0 aromatic carbocycles. The maximum absolute atomic E-state index is 5.01. The van der Waals surface area contributed by atoms with E-state index in [1.54, 1.807) is 24.6 Å². The number of aromatic nitrogens is 2. The fraction of sp³-hybridized carbons (Fsp3) is 0.333. The fourth-order valence-corrected chi connectivity index (χ4v) is 2.20. The summed E-state index contributed by atoms with van der Waals surface area (Å²) in [4.78, 5) is 8.60. The molecule has 2 aromatic rings. The van der Waals surface area contributed by atoms with E-state index in [2.05, 4.69) is 27.6 Å². The Labute approximate surface area is 105 Å². The highest BCUT2D eigenvalue weighted by Gasteiger charge is 2.08. The Bertz CT molecular complexity index is 481. The number of thiazole rings is 1. The number of hydrogen-bond acceptors (Lipinski definition) is 5. The lowest BCUT2D eigenvalue weighted by Crippen LogP contribution is -2.07. The number of nitrogens with zero attached hydrogens (tertiary/aromatic N) is 2. The van der Waals surface area contributed by atoms with Crippen molar-refractivity contribution in [2.24, 2.45) is 0 Å². The van der Waals surface area contributed by atoms with Crippen LogP contribution in [0.1, 0.15) is 23.7 Å². The number of hydrogen-bond donors (Lipinski definition) is 1. The van der Waals surface area contributed by atoms with Gasteiger partial charge in [0.1, 0.15) is 0 Å². The van der Waals surface area contributed by atoms with Gasteiger partial charge in [0.15, 0.2) is 0 Å². The second kappa shape index (κ2) is 5.14. The smallest absolute Gasteiger partial charge is 0.213 e. The molecule has 0 aliphatic rings. The van der Waals surface area contributed by atoms with Gasteiger partial charge in [0.2, 0.25) is 5.88 Å². The molecule has 1 unspecified atom stereocenters. The van der Waals surface area contributed by atoms with Gasteiger partial charge in [0.25, 0.3) is 0 Å². The molecular weight excluding hydrogens is 234 g/mol. The molecule has 4 nitrogen and oxygen atoms in total. The summed E-state index contributed by atoms with van der Waals surface area (Å²) in [6, 6.07) is 3.96. The normalized spacial score (nSPS) is 12.2. The van der Waals surface area contributed by atoms with Crippen molar-refractivity contribution in [2.45, 2.75) is 19.9 Å². The summed E-state index contributed by atoms with van der Waals surface area (Å²) in [5.41, 5.74) is 2.02. The molecule has 1 atom stereocenters. The molecule has 1 N–H and O–H groups in total. The standard InChI is InChI=1S/C12H15N3OS/c1-8(11-7-17-9(2)15-11)14-10-4-5-12(16-3)13-6-10/h4-8,14H,1-3H3. The number of anilines is 1. The molecule has 0 bridgehead atoms. The predicted octanol–water partition coefficient (Wildman–Crippen LogP) is 3.03. The van der Waals surface area contributed by atoms with Gasteiger partial charge in [-0.1, -0.05) is 0 Å². The first-order valence-corrected chi connectivity index (χ1v) is 6.25. The van der Waals surface area contributed by atoms with Crippen LogP contribution in [0.2, 0.25) is 0 Å². The summed E-state index contributed by atoms with van der Waals surface area (Å²) in [6.07, 6.45) is 1.76. The predicted molar refractivity (Wildman–Crippen MR) is 69.7 cm³/mol. The van der Waals surface area contributed by atoms with Crippen LogP contribution in [0, 0.1) is 6.92 Å². The van der Waals surface area contributed by atoms with Crippen LogP contribution in [-0.2, 0) is 0 Å². The van der Waals surface area contributed by atoms with Gasteiger partial charge < -0.3 is 10.1 Å². The van der Waals surface area contributed by atoms with Crippen LogP contribution < -0.4 is 10.1 Å². The zero-order chi connectivity index (χ0) is 12.3. The SMILES string of the molecule is COc1ccc(NC(C)c2csc(C)n2)cn1. The molecular formula is C12H15N3OS. The lowest BCUT2D eigenvalue weighted by atomic mass is 10.2. The molecule has 90 valence electrons. The summed E-state index contributed by atoms with van der Waals surface area (Å²) >= 11 is 1.66. The van der Waals surface area contributed by atoms with Crippen molar-refractivity contribution >= 4 is 17.0 Å². The van der Waals surface area contributed by atoms with Crippen molar-refractivity contribution in [3.8, 4) is 5.88 Å². The highest BCUT2D eigenvalue weighted by Crippen LogP contribution is 2.21. The zero-order valence-corrected chi connectivity index (χ0v) is 10.9. The molecule has 2 aromatic heterocycles.